The van der Waals surface area contributed by atoms with E-state index in [-0.39, 0.29) is 29.0 Å². The fraction of sp³-hybridized carbons (Fsp3) is 0.167. The molecule has 4 aromatic rings. The maximum absolute atomic E-state index is 15.3. The molecule has 196 valence electrons. The van der Waals surface area contributed by atoms with Crippen molar-refractivity contribution in [1.82, 2.24) is 15.1 Å². The number of benzene rings is 3. The second-order valence-corrected chi connectivity index (χ2v) is 9.42. The summed E-state index contributed by atoms with van der Waals surface area (Å²) in [5.74, 6) is -2.12. The topological polar surface area (TPSA) is 82.8 Å². The fourth-order valence-electron chi connectivity index (χ4n) is 5.16. The zero-order valence-corrected chi connectivity index (χ0v) is 20.9. The molecule has 7 nitrogen and oxygen atoms in total. The van der Waals surface area contributed by atoms with Gasteiger partial charge in [-0.25, -0.2) is 13.5 Å². The first-order valence-electron chi connectivity index (χ1n) is 12.7. The SMILES string of the molecule is O=C1C2=CC(Cc3ccc(-n4cccn4)cc3)c3c(F)ccc(F)c3C2=NN1c1ccccc1CNCCO. The summed E-state index contributed by atoms with van der Waals surface area (Å²) in [6.07, 6.45) is 5.62. The number of carbonyl (C=O) groups is 1. The Kier molecular flexibility index (Phi) is 6.60. The number of para-hydroxylation sites is 1. The molecule has 0 bridgehead atoms. The van der Waals surface area contributed by atoms with Crippen molar-refractivity contribution in [2.75, 3.05) is 18.2 Å². The predicted octanol–water partition coefficient (Wildman–Crippen LogP) is 4.25. The lowest BCUT2D eigenvalue weighted by atomic mass is 9.79. The van der Waals surface area contributed by atoms with E-state index in [1.54, 1.807) is 29.1 Å². The van der Waals surface area contributed by atoms with Crippen LogP contribution in [0.5, 0.6) is 0 Å². The minimum absolute atomic E-state index is 0.0189. The number of aliphatic hydroxyl groups is 1. The van der Waals surface area contributed by atoms with Gasteiger partial charge in [-0.15, -0.1) is 0 Å². The highest BCUT2D eigenvalue weighted by atomic mass is 19.1. The number of aromatic nitrogens is 2. The average molecular weight is 526 g/mol. The molecule has 2 heterocycles. The summed E-state index contributed by atoms with van der Waals surface area (Å²) in [5.41, 5.74) is 3.73. The standard InChI is InChI=1S/C30H25F2N5O2/c31-24-10-11-25(32)28-27(24)21(16-19-6-8-22(9-7-19)36-14-3-12-34-36)17-23-29(28)35-37(30(23)39)26-5-2-1-4-20(26)18-33-13-15-38/h1-12,14,17,21,33,38H,13,15-16,18H2. The molecule has 2 aliphatic rings. The first kappa shape index (κ1) is 24.8. The number of hydrazone groups is 1. The van der Waals surface area contributed by atoms with Crippen LogP contribution in [-0.4, -0.2) is 39.7 Å². The number of anilines is 1. The van der Waals surface area contributed by atoms with Gasteiger partial charge in [-0.3, -0.25) is 4.79 Å². The highest BCUT2D eigenvalue weighted by molar-refractivity contribution is 6.36. The van der Waals surface area contributed by atoms with Crippen LogP contribution in [0.15, 0.2) is 95.9 Å². The van der Waals surface area contributed by atoms with Crippen molar-refractivity contribution in [1.29, 1.82) is 0 Å². The number of nitrogens with one attached hydrogen (secondary N) is 1. The van der Waals surface area contributed by atoms with Crippen molar-refractivity contribution < 1.29 is 18.7 Å². The van der Waals surface area contributed by atoms with Gasteiger partial charge >= 0.3 is 0 Å². The number of hydrogen-bond acceptors (Lipinski definition) is 5. The molecule has 6 rings (SSSR count). The largest absolute Gasteiger partial charge is 0.395 e. The quantitative estimate of drug-likeness (QED) is 0.337. The van der Waals surface area contributed by atoms with Crippen LogP contribution in [0.1, 0.15) is 28.2 Å². The summed E-state index contributed by atoms with van der Waals surface area (Å²) in [6, 6.07) is 19.0. The lowest BCUT2D eigenvalue weighted by Gasteiger charge is -2.24. The zero-order chi connectivity index (χ0) is 26.9. The van der Waals surface area contributed by atoms with E-state index in [4.69, 9.17) is 5.11 Å². The van der Waals surface area contributed by atoms with Crippen LogP contribution in [0.2, 0.25) is 0 Å². The van der Waals surface area contributed by atoms with Crippen molar-refractivity contribution in [3.8, 4) is 5.69 Å². The van der Waals surface area contributed by atoms with E-state index in [0.717, 1.165) is 28.9 Å². The van der Waals surface area contributed by atoms with Gasteiger partial charge in [-0.05, 0) is 53.9 Å². The lowest BCUT2D eigenvalue weighted by molar-refractivity contribution is -0.114. The van der Waals surface area contributed by atoms with Gasteiger partial charge in [0.2, 0.25) is 0 Å². The van der Waals surface area contributed by atoms with Crippen LogP contribution >= 0.6 is 0 Å². The number of fused-ring (bicyclic) bond motifs is 3. The molecular formula is C30H25F2N5O2. The van der Waals surface area contributed by atoms with Gasteiger partial charge in [0.25, 0.3) is 5.91 Å². The van der Waals surface area contributed by atoms with E-state index in [1.165, 1.54) is 5.01 Å². The number of rotatable bonds is 8. The van der Waals surface area contributed by atoms with E-state index < -0.39 is 23.5 Å². The molecule has 1 atom stereocenters. The highest BCUT2D eigenvalue weighted by Crippen LogP contribution is 2.40. The summed E-state index contributed by atoms with van der Waals surface area (Å²) in [7, 11) is 0. The van der Waals surface area contributed by atoms with E-state index in [1.807, 2.05) is 48.7 Å². The third-order valence-corrected chi connectivity index (χ3v) is 6.98. The van der Waals surface area contributed by atoms with Crippen LogP contribution < -0.4 is 10.3 Å². The molecule has 39 heavy (non-hydrogen) atoms. The summed E-state index contributed by atoms with van der Waals surface area (Å²) < 4.78 is 32.3. The van der Waals surface area contributed by atoms with E-state index >= 15 is 8.78 Å². The number of amides is 1. The average Bonchev–Trinajstić information content (AvgIpc) is 3.60. The number of nitrogens with zero attached hydrogens (tertiary/aromatic N) is 4. The van der Waals surface area contributed by atoms with Crippen molar-refractivity contribution >= 4 is 17.3 Å². The molecule has 1 amide bonds. The van der Waals surface area contributed by atoms with Gasteiger partial charge < -0.3 is 10.4 Å². The van der Waals surface area contributed by atoms with Gasteiger partial charge in [0.05, 0.1) is 23.6 Å². The number of halogens is 2. The maximum Gasteiger partial charge on any atom is 0.280 e. The summed E-state index contributed by atoms with van der Waals surface area (Å²) in [4.78, 5) is 13.7. The first-order valence-corrected chi connectivity index (χ1v) is 12.7. The fourth-order valence-corrected chi connectivity index (χ4v) is 5.16. The Balaban J connectivity index is 1.37. The Bertz CT molecular complexity index is 1600. The highest BCUT2D eigenvalue weighted by Gasteiger charge is 2.40. The van der Waals surface area contributed by atoms with Crippen LogP contribution in [-0.2, 0) is 17.8 Å². The molecule has 9 heteroatoms. The van der Waals surface area contributed by atoms with Crippen LogP contribution in [0.3, 0.4) is 0 Å². The molecule has 1 aromatic heterocycles. The van der Waals surface area contributed by atoms with Crippen LogP contribution in [0.4, 0.5) is 14.5 Å². The van der Waals surface area contributed by atoms with E-state index in [9.17, 15) is 4.79 Å². The summed E-state index contributed by atoms with van der Waals surface area (Å²) in [6.45, 7) is 0.778. The third kappa shape index (κ3) is 4.56. The smallest absolute Gasteiger partial charge is 0.280 e. The number of allylic oxidation sites excluding steroid dienone is 1. The van der Waals surface area contributed by atoms with Gasteiger partial charge in [0, 0.05) is 42.5 Å². The molecule has 1 aliphatic heterocycles. The Morgan fingerprint density at radius 1 is 0.974 bits per heavy atom. The first-order chi connectivity index (χ1) is 19.0. The second-order valence-electron chi connectivity index (χ2n) is 9.42. The van der Waals surface area contributed by atoms with Gasteiger partial charge in [-0.2, -0.15) is 15.2 Å². The monoisotopic (exact) mass is 525 g/mol. The van der Waals surface area contributed by atoms with Crippen molar-refractivity contribution in [2.24, 2.45) is 5.10 Å². The molecule has 0 spiro atoms. The Hall–Kier alpha value is -4.47. The van der Waals surface area contributed by atoms with Gasteiger partial charge in [0.1, 0.15) is 17.3 Å². The minimum atomic E-state index is -0.623. The molecule has 0 saturated heterocycles. The third-order valence-electron chi connectivity index (χ3n) is 6.98. The maximum atomic E-state index is 15.3. The normalized spacial score (nSPS) is 16.1. The van der Waals surface area contributed by atoms with Crippen molar-refractivity contribution in [3.05, 3.63) is 125 Å². The van der Waals surface area contributed by atoms with E-state index in [0.29, 0.717) is 25.2 Å². The second kappa shape index (κ2) is 10.4. The Morgan fingerprint density at radius 2 is 1.77 bits per heavy atom. The van der Waals surface area contributed by atoms with Crippen molar-refractivity contribution in [2.45, 2.75) is 18.9 Å². The Morgan fingerprint density at radius 3 is 2.54 bits per heavy atom. The molecule has 0 radical (unpaired) electrons. The van der Waals surface area contributed by atoms with Gasteiger partial charge in [-0.1, -0.05) is 36.4 Å². The molecule has 0 fully saturated rings. The van der Waals surface area contributed by atoms with Crippen LogP contribution in [0.25, 0.3) is 5.69 Å². The molecular weight excluding hydrogens is 500 g/mol. The summed E-state index contributed by atoms with van der Waals surface area (Å²) in [5, 5.41) is 22.2. The van der Waals surface area contributed by atoms with Gasteiger partial charge in [0.15, 0.2) is 0 Å². The lowest BCUT2D eigenvalue weighted by Crippen LogP contribution is -2.26. The number of hydrogen-bond donors (Lipinski definition) is 2. The predicted molar refractivity (Wildman–Crippen MR) is 144 cm³/mol. The van der Waals surface area contributed by atoms with Crippen LogP contribution in [0, 0.1) is 11.6 Å². The molecule has 3 aromatic carbocycles. The van der Waals surface area contributed by atoms with E-state index in [2.05, 4.69) is 15.5 Å². The molecule has 1 aliphatic carbocycles. The Labute approximate surface area is 223 Å². The number of carbonyl (C=O) groups excluding carboxylic acids is 1. The van der Waals surface area contributed by atoms with Crippen molar-refractivity contribution in [3.63, 3.8) is 0 Å². The summed E-state index contributed by atoms with van der Waals surface area (Å²) >= 11 is 0. The number of aliphatic hydroxyl groups excluding tert-OH is 1. The molecule has 2 N–H and O–H groups in total. The molecule has 1 unspecified atom stereocenters. The zero-order valence-electron chi connectivity index (χ0n) is 20.9. The minimum Gasteiger partial charge on any atom is -0.395 e. The molecule has 0 saturated carbocycles.